The molecule has 0 spiro atoms. The van der Waals surface area contributed by atoms with Crippen LogP contribution in [0.4, 0.5) is 5.69 Å². The average Bonchev–Trinajstić information content (AvgIpc) is 3.24. The van der Waals surface area contributed by atoms with Crippen molar-refractivity contribution < 1.29 is 18.7 Å². The lowest BCUT2D eigenvalue weighted by Crippen LogP contribution is -2.40. The zero-order chi connectivity index (χ0) is 23.9. The summed E-state index contributed by atoms with van der Waals surface area (Å²) in [4.78, 5) is 44.9. The van der Waals surface area contributed by atoms with Gasteiger partial charge in [-0.05, 0) is 56.5 Å². The summed E-state index contributed by atoms with van der Waals surface area (Å²) in [5.74, 6) is -0.0551. The molecule has 9 heteroatoms. The largest absolute Gasteiger partial charge is 0.467 e. The van der Waals surface area contributed by atoms with Gasteiger partial charge in [0.2, 0.25) is 0 Å². The minimum Gasteiger partial charge on any atom is -0.467 e. The number of ether oxygens (including phenoxy) is 1. The molecule has 0 fully saturated rings. The van der Waals surface area contributed by atoms with Crippen molar-refractivity contribution in [3.63, 3.8) is 0 Å². The highest BCUT2D eigenvalue weighted by molar-refractivity contribution is 6.39. The molecule has 1 aliphatic heterocycles. The van der Waals surface area contributed by atoms with Gasteiger partial charge in [0.25, 0.3) is 5.56 Å². The van der Waals surface area contributed by atoms with Crippen LogP contribution in [0.2, 0.25) is 0 Å². The number of nitrogens with zero attached hydrogens (tertiary/aromatic N) is 3. The predicted molar refractivity (Wildman–Crippen MR) is 127 cm³/mol. The number of amides is 2. The van der Waals surface area contributed by atoms with E-state index >= 15 is 0 Å². The molecule has 0 saturated heterocycles. The lowest BCUT2D eigenvalue weighted by atomic mass is 10.2. The molecule has 4 rings (SSSR count). The second-order valence-electron chi connectivity index (χ2n) is 8.34. The van der Waals surface area contributed by atoms with Crippen LogP contribution in [0.25, 0.3) is 10.9 Å². The predicted octanol–water partition coefficient (Wildman–Crippen LogP) is 3.11. The van der Waals surface area contributed by atoms with Crippen LogP contribution < -0.4 is 10.9 Å². The lowest BCUT2D eigenvalue weighted by molar-refractivity contribution is -0.143. The molecule has 1 aromatic carbocycles. The zero-order valence-electron chi connectivity index (χ0n) is 19.4. The van der Waals surface area contributed by atoms with Gasteiger partial charge in [-0.25, -0.2) is 4.98 Å². The van der Waals surface area contributed by atoms with Crippen LogP contribution in [0, 0.1) is 0 Å². The topological polar surface area (TPSA) is 107 Å². The van der Waals surface area contributed by atoms with Gasteiger partial charge in [0.1, 0.15) is 11.6 Å². The highest BCUT2D eigenvalue weighted by atomic mass is 16.5. The standard InChI is InChI=1S/C25H30N4O5/c1-2-33-14-7-12-28(17-19-8-6-15-34-19)25(32)23(30)26-18-10-11-21-20(16-18)24(31)29-13-5-3-4-9-22(29)27-21/h6,8,10-11,15-16H,2-5,7,9,12-14,17H2,1H3,(H,26,30). The fourth-order valence-electron chi connectivity index (χ4n) is 4.17. The molecule has 0 atom stereocenters. The number of carbonyl (C=O) groups is 2. The van der Waals surface area contributed by atoms with Crippen LogP contribution in [-0.2, 0) is 33.8 Å². The SMILES string of the molecule is CCOCCCN(Cc1ccco1)C(=O)C(=O)Nc1ccc2nc3n(c(=O)c2c1)CCCCC3. The third-order valence-corrected chi connectivity index (χ3v) is 5.90. The highest BCUT2D eigenvalue weighted by Crippen LogP contribution is 2.19. The smallest absolute Gasteiger partial charge is 0.313 e. The third kappa shape index (κ3) is 5.53. The fourth-order valence-corrected chi connectivity index (χ4v) is 4.17. The number of aromatic nitrogens is 2. The maximum atomic E-state index is 13.1. The summed E-state index contributed by atoms with van der Waals surface area (Å²) in [7, 11) is 0. The van der Waals surface area contributed by atoms with Crippen LogP contribution in [0.3, 0.4) is 0 Å². The molecular weight excluding hydrogens is 436 g/mol. The van der Waals surface area contributed by atoms with Gasteiger partial charge >= 0.3 is 11.8 Å². The number of benzene rings is 1. The first-order chi connectivity index (χ1) is 16.6. The Morgan fingerprint density at radius 1 is 1.24 bits per heavy atom. The molecule has 3 heterocycles. The number of anilines is 1. The Bertz CT molecular complexity index is 1200. The first-order valence-electron chi connectivity index (χ1n) is 11.8. The van der Waals surface area contributed by atoms with Crippen molar-refractivity contribution in [2.75, 3.05) is 25.1 Å². The first-order valence-corrected chi connectivity index (χ1v) is 11.8. The van der Waals surface area contributed by atoms with Crippen molar-refractivity contribution in [2.24, 2.45) is 0 Å². The van der Waals surface area contributed by atoms with Crippen LogP contribution in [0.5, 0.6) is 0 Å². The number of carbonyl (C=O) groups excluding carboxylic acids is 2. The van der Waals surface area contributed by atoms with Gasteiger partial charge in [-0.1, -0.05) is 6.42 Å². The molecular formula is C25H30N4O5. The van der Waals surface area contributed by atoms with Crippen LogP contribution in [-0.4, -0.2) is 46.0 Å². The lowest BCUT2D eigenvalue weighted by Gasteiger charge is -2.21. The van der Waals surface area contributed by atoms with E-state index < -0.39 is 11.8 Å². The van der Waals surface area contributed by atoms with E-state index in [1.54, 1.807) is 34.9 Å². The second kappa shape index (κ2) is 11.1. The molecule has 2 amide bonds. The van der Waals surface area contributed by atoms with Crippen molar-refractivity contribution in [1.29, 1.82) is 0 Å². The Kier molecular flexibility index (Phi) is 7.74. The van der Waals surface area contributed by atoms with E-state index in [-0.39, 0.29) is 12.1 Å². The van der Waals surface area contributed by atoms with Gasteiger partial charge in [-0.3, -0.25) is 19.0 Å². The number of fused-ring (bicyclic) bond motifs is 2. The Hall–Kier alpha value is -3.46. The molecule has 1 N–H and O–H groups in total. The Morgan fingerprint density at radius 2 is 2.12 bits per heavy atom. The maximum absolute atomic E-state index is 13.1. The van der Waals surface area contributed by atoms with Crippen LogP contribution in [0.1, 0.15) is 44.2 Å². The molecule has 0 radical (unpaired) electrons. The summed E-state index contributed by atoms with van der Waals surface area (Å²) >= 11 is 0. The van der Waals surface area contributed by atoms with Crippen molar-refractivity contribution in [1.82, 2.24) is 14.5 Å². The molecule has 0 saturated carbocycles. The van der Waals surface area contributed by atoms with Gasteiger partial charge in [0, 0.05) is 38.4 Å². The third-order valence-electron chi connectivity index (χ3n) is 5.90. The maximum Gasteiger partial charge on any atom is 0.313 e. The second-order valence-corrected chi connectivity index (χ2v) is 8.34. The van der Waals surface area contributed by atoms with Gasteiger partial charge in [0.15, 0.2) is 0 Å². The minimum atomic E-state index is -0.773. The quantitative estimate of drug-likeness (QED) is 0.404. The highest BCUT2D eigenvalue weighted by Gasteiger charge is 2.23. The average molecular weight is 467 g/mol. The van der Waals surface area contributed by atoms with Crippen LogP contribution >= 0.6 is 0 Å². The summed E-state index contributed by atoms with van der Waals surface area (Å²) in [6.45, 7) is 4.17. The van der Waals surface area contributed by atoms with Crippen molar-refractivity contribution in [3.05, 3.63) is 58.5 Å². The zero-order valence-corrected chi connectivity index (χ0v) is 19.4. The Labute approximate surface area is 197 Å². The number of hydrogen-bond acceptors (Lipinski definition) is 6. The molecule has 9 nitrogen and oxygen atoms in total. The van der Waals surface area contributed by atoms with E-state index in [0.29, 0.717) is 55.1 Å². The molecule has 0 bridgehead atoms. The monoisotopic (exact) mass is 466 g/mol. The molecule has 2 aromatic heterocycles. The number of hydrogen-bond donors (Lipinski definition) is 1. The summed E-state index contributed by atoms with van der Waals surface area (Å²) in [6.07, 6.45) is 5.94. The van der Waals surface area contributed by atoms with Crippen LogP contribution in [0.15, 0.2) is 45.8 Å². The molecule has 3 aromatic rings. The van der Waals surface area contributed by atoms with Gasteiger partial charge < -0.3 is 19.4 Å². The summed E-state index contributed by atoms with van der Waals surface area (Å²) in [6, 6.07) is 8.47. The van der Waals surface area contributed by atoms with E-state index in [1.165, 1.54) is 11.2 Å². The summed E-state index contributed by atoms with van der Waals surface area (Å²) in [5, 5.41) is 3.08. The van der Waals surface area contributed by atoms with E-state index in [9.17, 15) is 14.4 Å². The summed E-state index contributed by atoms with van der Waals surface area (Å²) in [5.41, 5.74) is 0.865. The normalized spacial score (nSPS) is 13.3. The minimum absolute atomic E-state index is 0.111. The Morgan fingerprint density at radius 3 is 2.91 bits per heavy atom. The van der Waals surface area contributed by atoms with E-state index in [4.69, 9.17) is 9.15 Å². The van der Waals surface area contributed by atoms with E-state index in [0.717, 1.165) is 31.5 Å². The summed E-state index contributed by atoms with van der Waals surface area (Å²) < 4.78 is 12.4. The van der Waals surface area contributed by atoms with E-state index in [2.05, 4.69) is 10.3 Å². The van der Waals surface area contributed by atoms with Crippen molar-refractivity contribution in [3.8, 4) is 0 Å². The molecule has 34 heavy (non-hydrogen) atoms. The number of furan rings is 1. The molecule has 0 unspecified atom stereocenters. The van der Waals surface area contributed by atoms with E-state index in [1.807, 2.05) is 6.92 Å². The van der Waals surface area contributed by atoms with Gasteiger partial charge in [0.05, 0.1) is 23.7 Å². The fraction of sp³-hybridized carbons (Fsp3) is 0.440. The Balaban J connectivity index is 1.51. The first kappa shape index (κ1) is 23.7. The van der Waals surface area contributed by atoms with Crippen molar-refractivity contribution >= 4 is 28.4 Å². The van der Waals surface area contributed by atoms with Gasteiger partial charge in [-0.2, -0.15) is 0 Å². The number of aryl methyl sites for hydroxylation is 1. The number of nitrogens with one attached hydrogen (secondary N) is 1. The van der Waals surface area contributed by atoms with Gasteiger partial charge in [-0.15, -0.1) is 0 Å². The number of rotatable bonds is 8. The molecule has 0 aliphatic carbocycles. The molecule has 1 aliphatic rings. The van der Waals surface area contributed by atoms with Crippen molar-refractivity contribution in [2.45, 2.75) is 52.1 Å². The molecule has 180 valence electrons.